The van der Waals surface area contributed by atoms with E-state index >= 15 is 0 Å². The molecule has 18 heavy (non-hydrogen) atoms. The molecular weight excluding hydrogens is 266 g/mol. The molecule has 2 nitrogen and oxygen atoms in total. The molecule has 0 bridgehead atoms. The van der Waals surface area contributed by atoms with Crippen molar-refractivity contribution in [2.45, 2.75) is 6.92 Å². The number of H-pyrrole nitrogens is 1. The van der Waals surface area contributed by atoms with Crippen molar-refractivity contribution < 1.29 is 4.79 Å². The molecule has 0 aliphatic carbocycles. The van der Waals surface area contributed by atoms with Crippen LogP contribution in [0.25, 0.3) is 10.9 Å². The first-order chi connectivity index (χ1) is 8.66. The molecular formula is C14H10ClNOS. The zero-order valence-electron chi connectivity index (χ0n) is 9.66. The fraction of sp³-hybridized carbons (Fsp3) is 0.0714. The van der Waals surface area contributed by atoms with Gasteiger partial charge >= 0.3 is 0 Å². The summed E-state index contributed by atoms with van der Waals surface area (Å²) >= 11 is 7.46. The molecule has 0 aliphatic heterocycles. The summed E-state index contributed by atoms with van der Waals surface area (Å²) in [6.07, 6.45) is 1.75. The number of halogens is 1. The van der Waals surface area contributed by atoms with Crippen LogP contribution in [-0.4, -0.2) is 10.8 Å². The lowest BCUT2D eigenvalue weighted by molar-refractivity contribution is 0.104. The maximum atomic E-state index is 12.5. The number of aromatic amines is 1. The molecule has 3 rings (SSSR count). The number of aromatic nitrogens is 1. The van der Waals surface area contributed by atoms with Gasteiger partial charge in [0.2, 0.25) is 5.78 Å². The average Bonchev–Trinajstić information content (AvgIpc) is 2.94. The molecule has 0 spiro atoms. The second-order valence-electron chi connectivity index (χ2n) is 4.15. The molecule has 0 saturated heterocycles. The molecule has 0 unspecified atom stereocenters. The number of ketones is 1. The van der Waals surface area contributed by atoms with Crippen LogP contribution in [0.1, 0.15) is 20.8 Å². The largest absolute Gasteiger partial charge is 0.360 e. The van der Waals surface area contributed by atoms with Crippen LogP contribution in [0.15, 0.2) is 35.8 Å². The lowest BCUT2D eigenvalue weighted by Crippen LogP contribution is -1.99. The fourth-order valence-electron chi connectivity index (χ4n) is 2.01. The number of thiophene rings is 1. The Bertz CT molecular complexity index is 741. The van der Waals surface area contributed by atoms with Gasteiger partial charge in [0, 0.05) is 27.7 Å². The van der Waals surface area contributed by atoms with Crippen LogP contribution in [0.4, 0.5) is 0 Å². The van der Waals surface area contributed by atoms with Gasteiger partial charge in [-0.3, -0.25) is 4.79 Å². The molecule has 0 amide bonds. The summed E-state index contributed by atoms with van der Waals surface area (Å²) in [5.74, 6) is 0.0519. The van der Waals surface area contributed by atoms with Crippen molar-refractivity contribution in [1.82, 2.24) is 4.98 Å². The van der Waals surface area contributed by atoms with Gasteiger partial charge in [0.15, 0.2) is 0 Å². The van der Waals surface area contributed by atoms with Crippen LogP contribution in [0.3, 0.4) is 0 Å². The number of benzene rings is 1. The summed E-state index contributed by atoms with van der Waals surface area (Å²) in [6.45, 7) is 1.95. The summed E-state index contributed by atoms with van der Waals surface area (Å²) in [6, 6.07) is 7.48. The molecule has 4 heteroatoms. The normalized spacial score (nSPS) is 11.0. The van der Waals surface area contributed by atoms with Crippen molar-refractivity contribution in [1.29, 1.82) is 0 Å². The Morgan fingerprint density at radius 1 is 1.33 bits per heavy atom. The second-order valence-corrected chi connectivity index (χ2v) is 5.51. The molecule has 2 heterocycles. The van der Waals surface area contributed by atoms with Crippen molar-refractivity contribution in [2.24, 2.45) is 0 Å². The van der Waals surface area contributed by atoms with Crippen molar-refractivity contribution >= 4 is 39.6 Å². The quantitative estimate of drug-likeness (QED) is 0.690. The first-order valence-corrected chi connectivity index (χ1v) is 6.78. The van der Waals surface area contributed by atoms with Gasteiger partial charge < -0.3 is 4.98 Å². The predicted molar refractivity (Wildman–Crippen MR) is 75.8 cm³/mol. The third-order valence-electron chi connectivity index (χ3n) is 2.96. The summed E-state index contributed by atoms with van der Waals surface area (Å²) in [5, 5.41) is 3.45. The zero-order valence-corrected chi connectivity index (χ0v) is 11.2. The Balaban J connectivity index is 2.18. The highest BCUT2D eigenvalue weighted by Gasteiger charge is 2.17. The SMILES string of the molecule is Cc1ccsc1C(=O)c1c[nH]c2ccc(Cl)cc12. The van der Waals surface area contributed by atoms with Gasteiger partial charge in [-0.15, -0.1) is 11.3 Å². The lowest BCUT2D eigenvalue weighted by Gasteiger charge is -1.98. The van der Waals surface area contributed by atoms with E-state index in [0.29, 0.717) is 10.6 Å². The van der Waals surface area contributed by atoms with Gasteiger partial charge in [0.1, 0.15) is 0 Å². The number of hydrogen-bond acceptors (Lipinski definition) is 2. The minimum Gasteiger partial charge on any atom is -0.360 e. The van der Waals surface area contributed by atoms with E-state index in [0.717, 1.165) is 21.3 Å². The first-order valence-electron chi connectivity index (χ1n) is 5.52. The molecule has 3 aromatic rings. The van der Waals surface area contributed by atoms with Gasteiger partial charge in [0.25, 0.3) is 0 Å². The van der Waals surface area contributed by atoms with Gasteiger partial charge in [-0.25, -0.2) is 0 Å². The zero-order chi connectivity index (χ0) is 12.7. The third-order valence-corrected chi connectivity index (χ3v) is 4.21. The van der Waals surface area contributed by atoms with E-state index in [9.17, 15) is 4.79 Å². The Labute approximate surface area is 113 Å². The first kappa shape index (κ1) is 11.5. The summed E-state index contributed by atoms with van der Waals surface area (Å²) in [5.41, 5.74) is 2.62. The van der Waals surface area contributed by atoms with Crippen LogP contribution < -0.4 is 0 Å². The van der Waals surface area contributed by atoms with E-state index in [1.807, 2.05) is 36.6 Å². The number of rotatable bonds is 2. The van der Waals surface area contributed by atoms with E-state index in [-0.39, 0.29) is 5.78 Å². The minimum absolute atomic E-state index is 0.0519. The molecule has 0 atom stereocenters. The Kier molecular flexibility index (Phi) is 2.73. The maximum Gasteiger partial charge on any atom is 0.205 e. The molecule has 0 saturated carbocycles. The predicted octanol–water partition coefficient (Wildman–Crippen LogP) is 4.42. The van der Waals surface area contributed by atoms with Crippen LogP contribution in [0.2, 0.25) is 5.02 Å². The van der Waals surface area contributed by atoms with E-state index in [1.165, 1.54) is 11.3 Å². The van der Waals surface area contributed by atoms with Crippen molar-refractivity contribution in [2.75, 3.05) is 0 Å². The topological polar surface area (TPSA) is 32.9 Å². The van der Waals surface area contributed by atoms with E-state index < -0.39 is 0 Å². The van der Waals surface area contributed by atoms with Gasteiger partial charge in [0.05, 0.1) is 4.88 Å². The van der Waals surface area contributed by atoms with Crippen LogP contribution >= 0.6 is 22.9 Å². The minimum atomic E-state index is 0.0519. The molecule has 90 valence electrons. The number of carbonyl (C=O) groups excluding carboxylic acids is 1. The Morgan fingerprint density at radius 2 is 2.17 bits per heavy atom. The van der Waals surface area contributed by atoms with E-state index in [1.54, 1.807) is 6.20 Å². The second kappa shape index (κ2) is 4.26. The number of carbonyl (C=O) groups is 1. The van der Waals surface area contributed by atoms with Crippen molar-refractivity contribution in [3.8, 4) is 0 Å². The molecule has 2 aromatic heterocycles. The highest BCUT2D eigenvalue weighted by atomic mass is 35.5. The molecule has 1 aromatic carbocycles. The van der Waals surface area contributed by atoms with Gasteiger partial charge in [-0.2, -0.15) is 0 Å². The molecule has 0 fully saturated rings. The van der Waals surface area contributed by atoms with Gasteiger partial charge in [-0.1, -0.05) is 11.6 Å². The van der Waals surface area contributed by atoms with Crippen molar-refractivity contribution in [3.05, 3.63) is 56.9 Å². The number of aryl methyl sites for hydroxylation is 1. The van der Waals surface area contributed by atoms with E-state index in [4.69, 9.17) is 11.6 Å². The van der Waals surface area contributed by atoms with Crippen LogP contribution in [-0.2, 0) is 0 Å². The number of fused-ring (bicyclic) bond motifs is 1. The molecule has 0 aliphatic rings. The maximum absolute atomic E-state index is 12.5. The van der Waals surface area contributed by atoms with E-state index in [2.05, 4.69) is 4.98 Å². The third kappa shape index (κ3) is 1.76. The fourth-order valence-corrected chi connectivity index (χ4v) is 3.06. The Hall–Kier alpha value is -1.58. The highest BCUT2D eigenvalue weighted by molar-refractivity contribution is 7.12. The highest BCUT2D eigenvalue weighted by Crippen LogP contribution is 2.27. The Morgan fingerprint density at radius 3 is 2.89 bits per heavy atom. The van der Waals surface area contributed by atoms with Crippen LogP contribution in [0, 0.1) is 6.92 Å². The number of hydrogen-bond donors (Lipinski definition) is 1. The summed E-state index contributed by atoms with van der Waals surface area (Å²) in [7, 11) is 0. The monoisotopic (exact) mass is 275 g/mol. The average molecular weight is 276 g/mol. The standard InChI is InChI=1S/C14H10ClNOS/c1-8-4-5-18-14(8)13(17)11-7-16-12-3-2-9(15)6-10(11)12/h2-7,16H,1H3. The molecule has 0 radical (unpaired) electrons. The molecule has 1 N–H and O–H groups in total. The lowest BCUT2D eigenvalue weighted by atomic mass is 10.1. The smallest absolute Gasteiger partial charge is 0.205 e. The summed E-state index contributed by atoms with van der Waals surface area (Å²) < 4.78 is 0. The number of nitrogens with one attached hydrogen (secondary N) is 1. The van der Waals surface area contributed by atoms with Crippen molar-refractivity contribution in [3.63, 3.8) is 0 Å². The van der Waals surface area contributed by atoms with Crippen LogP contribution in [0.5, 0.6) is 0 Å². The summed E-state index contributed by atoms with van der Waals surface area (Å²) in [4.78, 5) is 16.4. The van der Waals surface area contributed by atoms with Gasteiger partial charge in [-0.05, 0) is 42.1 Å².